The van der Waals surface area contributed by atoms with Gasteiger partial charge in [0, 0.05) is 18.1 Å². The zero-order chi connectivity index (χ0) is 23.1. The quantitative estimate of drug-likeness (QED) is 0.486. The van der Waals surface area contributed by atoms with E-state index in [0.29, 0.717) is 10.7 Å². The Morgan fingerprint density at radius 3 is 2.19 bits per heavy atom. The highest BCUT2D eigenvalue weighted by Gasteiger charge is 2.21. The molecule has 1 amide bonds. The topological polar surface area (TPSA) is 66.5 Å². The molecule has 1 atom stereocenters. The van der Waals surface area contributed by atoms with Crippen LogP contribution in [0.15, 0.2) is 83.8 Å². The number of hydrogen-bond donors (Lipinski definition) is 1. The van der Waals surface area contributed by atoms with Gasteiger partial charge in [0.2, 0.25) is 5.91 Å². The summed E-state index contributed by atoms with van der Waals surface area (Å²) in [5, 5.41) is 3.51. The molecular formula is C25H27ClN2O3S. The molecule has 0 unspecified atom stereocenters. The van der Waals surface area contributed by atoms with Crippen LogP contribution in [-0.2, 0) is 27.7 Å². The fourth-order valence-corrected chi connectivity index (χ4v) is 4.66. The minimum Gasteiger partial charge on any atom is -0.353 e. The van der Waals surface area contributed by atoms with Crippen molar-refractivity contribution >= 4 is 33.2 Å². The molecule has 0 saturated carbocycles. The van der Waals surface area contributed by atoms with Crippen LogP contribution in [0.2, 0.25) is 5.02 Å². The van der Waals surface area contributed by atoms with Crippen LogP contribution in [0, 0.1) is 0 Å². The van der Waals surface area contributed by atoms with Crippen molar-refractivity contribution in [1.29, 1.82) is 0 Å². The lowest BCUT2D eigenvalue weighted by Crippen LogP contribution is -2.34. The molecule has 5 nitrogen and oxygen atoms in total. The van der Waals surface area contributed by atoms with Crippen LogP contribution in [0.5, 0.6) is 0 Å². The van der Waals surface area contributed by atoms with Crippen molar-refractivity contribution in [3.8, 4) is 0 Å². The van der Waals surface area contributed by atoms with Gasteiger partial charge in [-0.15, -0.1) is 0 Å². The Hall–Kier alpha value is -2.83. The van der Waals surface area contributed by atoms with Gasteiger partial charge in [0.15, 0.2) is 0 Å². The van der Waals surface area contributed by atoms with Crippen molar-refractivity contribution in [2.75, 3.05) is 11.4 Å². The zero-order valence-corrected chi connectivity index (χ0v) is 19.7. The molecule has 7 heteroatoms. The van der Waals surface area contributed by atoms with Crippen LogP contribution in [0.1, 0.15) is 24.5 Å². The first kappa shape index (κ1) is 23.8. The van der Waals surface area contributed by atoms with Gasteiger partial charge in [0.25, 0.3) is 10.0 Å². The number of halogens is 1. The summed E-state index contributed by atoms with van der Waals surface area (Å²) < 4.78 is 26.8. The highest BCUT2D eigenvalue weighted by Crippen LogP contribution is 2.23. The van der Waals surface area contributed by atoms with E-state index in [1.807, 2.05) is 25.1 Å². The minimum absolute atomic E-state index is 0.0551. The molecule has 0 aromatic heterocycles. The largest absolute Gasteiger partial charge is 0.353 e. The first-order valence-electron chi connectivity index (χ1n) is 10.4. The van der Waals surface area contributed by atoms with Gasteiger partial charge in [-0.3, -0.25) is 9.10 Å². The fraction of sp³-hybridized carbons (Fsp3) is 0.240. The standard InChI is InChI=1S/C25H27ClN2O3S/c1-19(8-9-20-6-4-3-5-7-20)27-25(29)18-21-10-14-23(15-11-21)28(2)32(30,31)24-16-12-22(26)13-17-24/h3-7,10-17,19H,8-9,18H2,1-2H3,(H,27,29)/t19-/m1/s1. The monoisotopic (exact) mass is 470 g/mol. The van der Waals surface area contributed by atoms with Gasteiger partial charge in [-0.25, -0.2) is 8.42 Å². The summed E-state index contributed by atoms with van der Waals surface area (Å²) in [7, 11) is -2.19. The lowest BCUT2D eigenvalue weighted by Gasteiger charge is -2.20. The summed E-state index contributed by atoms with van der Waals surface area (Å²) in [6, 6.07) is 23.3. The average Bonchev–Trinajstić information content (AvgIpc) is 2.78. The Labute approximate surface area is 195 Å². The van der Waals surface area contributed by atoms with Crippen LogP contribution < -0.4 is 9.62 Å². The second kappa shape index (κ2) is 10.7. The summed E-state index contributed by atoms with van der Waals surface area (Å²) in [5.41, 5.74) is 2.58. The van der Waals surface area contributed by atoms with E-state index in [1.54, 1.807) is 36.4 Å². The Bertz CT molecular complexity index is 1130. The van der Waals surface area contributed by atoms with Crippen LogP contribution >= 0.6 is 11.6 Å². The number of carbonyl (C=O) groups excluding carboxylic acids is 1. The number of amides is 1. The number of anilines is 1. The first-order chi connectivity index (χ1) is 15.3. The average molecular weight is 471 g/mol. The first-order valence-corrected chi connectivity index (χ1v) is 12.2. The molecule has 32 heavy (non-hydrogen) atoms. The molecule has 0 spiro atoms. The molecule has 168 valence electrons. The summed E-state index contributed by atoms with van der Waals surface area (Å²) >= 11 is 5.85. The lowest BCUT2D eigenvalue weighted by molar-refractivity contribution is -0.121. The third-order valence-electron chi connectivity index (χ3n) is 5.25. The van der Waals surface area contributed by atoms with Gasteiger partial charge in [-0.2, -0.15) is 0 Å². The maximum absolute atomic E-state index is 12.8. The van der Waals surface area contributed by atoms with E-state index in [0.717, 1.165) is 18.4 Å². The summed E-state index contributed by atoms with van der Waals surface area (Å²) in [6.07, 6.45) is 2.01. The van der Waals surface area contributed by atoms with E-state index in [-0.39, 0.29) is 23.3 Å². The summed E-state index contributed by atoms with van der Waals surface area (Å²) in [4.78, 5) is 12.6. The van der Waals surface area contributed by atoms with Crippen LogP contribution in [-0.4, -0.2) is 27.4 Å². The minimum atomic E-state index is -3.69. The normalized spacial score (nSPS) is 12.2. The molecule has 0 bridgehead atoms. The molecule has 0 aliphatic heterocycles. The van der Waals surface area contributed by atoms with E-state index in [9.17, 15) is 13.2 Å². The number of benzene rings is 3. The SMILES string of the molecule is C[C@H](CCc1ccccc1)NC(=O)Cc1ccc(N(C)S(=O)(=O)c2ccc(Cl)cc2)cc1. The Balaban J connectivity index is 1.55. The van der Waals surface area contributed by atoms with E-state index in [1.165, 1.54) is 29.0 Å². The van der Waals surface area contributed by atoms with Crippen molar-refractivity contribution < 1.29 is 13.2 Å². The fourth-order valence-electron chi connectivity index (χ4n) is 3.34. The zero-order valence-electron chi connectivity index (χ0n) is 18.2. The van der Waals surface area contributed by atoms with Crippen molar-refractivity contribution in [1.82, 2.24) is 5.32 Å². The second-order valence-corrected chi connectivity index (χ2v) is 10.2. The molecule has 0 fully saturated rings. The van der Waals surface area contributed by atoms with Crippen LogP contribution in [0.4, 0.5) is 5.69 Å². The second-order valence-electron chi connectivity index (χ2n) is 7.76. The van der Waals surface area contributed by atoms with E-state index < -0.39 is 10.0 Å². The third kappa shape index (κ3) is 6.34. The highest BCUT2D eigenvalue weighted by atomic mass is 35.5. The lowest BCUT2D eigenvalue weighted by atomic mass is 10.1. The Morgan fingerprint density at radius 1 is 0.938 bits per heavy atom. The number of nitrogens with zero attached hydrogens (tertiary/aromatic N) is 1. The van der Waals surface area contributed by atoms with E-state index >= 15 is 0 Å². The molecule has 0 aliphatic carbocycles. The Morgan fingerprint density at radius 2 is 1.56 bits per heavy atom. The molecule has 3 aromatic rings. The van der Waals surface area contributed by atoms with Gasteiger partial charge < -0.3 is 5.32 Å². The maximum atomic E-state index is 12.8. The Kier molecular flexibility index (Phi) is 7.94. The smallest absolute Gasteiger partial charge is 0.264 e. The van der Waals surface area contributed by atoms with E-state index in [4.69, 9.17) is 11.6 Å². The maximum Gasteiger partial charge on any atom is 0.264 e. The molecule has 3 rings (SSSR count). The molecule has 3 aromatic carbocycles. The number of nitrogens with one attached hydrogen (secondary N) is 1. The van der Waals surface area contributed by atoms with Gasteiger partial charge in [0.1, 0.15) is 0 Å². The summed E-state index contributed by atoms with van der Waals surface area (Å²) in [5.74, 6) is -0.0551. The third-order valence-corrected chi connectivity index (χ3v) is 7.30. The molecule has 1 N–H and O–H groups in total. The van der Waals surface area contributed by atoms with Gasteiger partial charge in [-0.05, 0) is 67.3 Å². The number of rotatable bonds is 9. The van der Waals surface area contributed by atoms with Crippen LogP contribution in [0.25, 0.3) is 0 Å². The van der Waals surface area contributed by atoms with Gasteiger partial charge in [0.05, 0.1) is 17.0 Å². The number of carbonyl (C=O) groups is 1. The predicted molar refractivity (Wildman–Crippen MR) is 130 cm³/mol. The molecule has 0 radical (unpaired) electrons. The van der Waals surface area contributed by atoms with Crippen molar-refractivity contribution in [2.45, 2.75) is 37.1 Å². The number of sulfonamides is 1. The number of aryl methyl sites for hydroxylation is 1. The van der Waals surface area contributed by atoms with Gasteiger partial charge >= 0.3 is 0 Å². The molecular weight excluding hydrogens is 444 g/mol. The van der Waals surface area contributed by atoms with Gasteiger partial charge in [-0.1, -0.05) is 54.1 Å². The summed E-state index contributed by atoms with van der Waals surface area (Å²) in [6.45, 7) is 2.00. The van der Waals surface area contributed by atoms with Crippen molar-refractivity contribution in [2.24, 2.45) is 0 Å². The van der Waals surface area contributed by atoms with Crippen molar-refractivity contribution in [3.05, 3.63) is 95.0 Å². The van der Waals surface area contributed by atoms with E-state index in [2.05, 4.69) is 17.4 Å². The molecule has 0 heterocycles. The van der Waals surface area contributed by atoms with Crippen LogP contribution in [0.3, 0.4) is 0 Å². The number of hydrogen-bond acceptors (Lipinski definition) is 3. The predicted octanol–water partition coefficient (Wildman–Crippen LogP) is 4.85. The van der Waals surface area contributed by atoms with Crippen molar-refractivity contribution in [3.63, 3.8) is 0 Å². The molecule has 0 saturated heterocycles. The highest BCUT2D eigenvalue weighted by molar-refractivity contribution is 7.92. The molecule has 0 aliphatic rings.